The van der Waals surface area contributed by atoms with Crippen LogP contribution >= 0.6 is 0 Å². The number of likely N-dealkylation sites (tertiary alicyclic amines) is 1. The lowest BCUT2D eigenvalue weighted by molar-refractivity contribution is 0.262. The minimum atomic E-state index is 0.595. The van der Waals surface area contributed by atoms with Crippen LogP contribution in [-0.2, 0) is 0 Å². The van der Waals surface area contributed by atoms with Gasteiger partial charge in [0.2, 0.25) is 0 Å². The van der Waals surface area contributed by atoms with Gasteiger partial charge in [-0.25, -0.2) is 0 Å². The molecule has 0 aliphatic carbocycles. The first-order valence-electron chi connectivity index (χ1n) is 5.00. The van der Waals surface area contributed by atoms with E-state index in [1.807, 2.05) is 12.3 Å². The highest BCUT2D eigenvalue weighted by Crippen LogP contribution is 2.21. The van der Waals surface area contributed by atoms with E-state index in [4.69, 9.17) is 0 Å². The van der Waals surface area contributed by atoms with Gasteiger partial charge in [-0.3, -0.25) is 9.58 Å². The number of hydrogen-bond acceptors (Lipinski definition) is 2. The van der Waals surface area contributed by atoms with Crippen molar-refractivity contribution >= 4 is 0 Å². The Bertz CT molecular complexity index is 253. The van der Waals surface area contributed by atoms with Crippen LogP contribution in [0.15, 0.2) is 18.5 Å². The molecule has 0 radical (unpaired) electrons. The molecule has 0 aromatic carbocycles. The molecule has 0 saturated carbocycles. The molecule has 1 aromatic heterocycles. The molecule has 0 N–H and O–H groups in total. The Hall–Kier alpha value is -0.830. The second-order valence-corrected chi connectivity index (χ2v) is 4.02. The number of rotatable bonds is 2. The fraction of sp³-hybridized carbons (Fsp3) is 0.700. The van der Waals surface area contributed by atoms with Crippen molar-refractivity contribution in [3.8, 4) is 0 Å². The van der Waals surface area contributed by atoms with E-state index >= 15 is 0 Å². The Kier molecular flexibility index (Phi) is 2.36. The van der Waals surface area contributed by atoms with E-state index in [-0.39, 0.29) is 0 Å². The average molecular weight is 179 g/mol. The fourth-order valence-corrected chi connectivity index (χ4v) is 1.95. The van der Waals surface area contributed by atoms with Gasteiger partial charge < -0.3 is 0 Å². The smallest absolute Gasteiger partial charge is 0.0658 e. The molecular formula is C10H17N3. The van der Waals surface area contributed by atoms with Crippen LogP contribution < -0.4 is 0 Å². The lowest BCUT2D eigenvalue weighted by atomic mass is 10.3. The molecule has 72 valence electrons. The van der Waals surface area contributed by atoms with E-state index in [1.54, 1.807) is 0 Å². The number of aromatic nitrogens is 2. The van der Waals surface area contributed by atoms with Crippen molar-refractivity contribution in [3.05, 3.63) is 18.5 Å². The first-order valence-corrected chi connectivity index (χ1v) is 5.00. The summed E-state index contributed by atoms with van der Waals surface area (Å²) in [5.74, 6) is 0. The molecule has 1 aliphatic rings. The van der Waals surface area contributed by atoms with Crippen LogP contribution in [0.5, 0.6) is 0 Å². The molecule has 1 aliphatic heterocycles. The Morgan fingerprint density at radius 1 is 1.46 bits per heavy atom. The van der Waals surface area contributed by atoms with Gasteiger partial charge in [-0.1, -0.05) is 0 Å². The van der Waals surface area contributed by atoms with E-state index < -0.39 is 0 Å². The maximum atomic E-state index is 4.28. The average Bonchev–Trinajstić information content (AvgIpc) is 2.75. The molecule has 3 nitrogen and oxygen atoms in total. The first-order chi connectivity index (χ1) is 6.27. The van der Waals surface area contributed by atoms with Gasteiger partial charge in [-0.15, -0.1) is 0 Å². The monoisotopic (exact) mass is 179 g/mol. The molecule has 13 heavy (non-hydrogen) atoms. The van der Waals surface area contributed by atoms with Crippen molar-refractivity contribution in [2.24, 2.45) is 0 Å². The van der Waals surface area contributed by atoms with Crippen molar-refractivity contribution in [3.63, 3.8) is 0 Å². The second kappa shape index (κ2) is 3.50. The quantitative estimate of drug-likeness (QED) is 0.686. The Morgan fingerprint density at radius 3 is 2.85 bits per heavy atom. The zero-order valence-electron chi connectivity index (χ0n) is 8.35. The van der Waals surface area contributed by atoms with E-state index in [9.17, 15) is 0 Å². The van der Waals surface area contributed by atoms with E-state index in [0.717, 1.165) is 6.54 Å². The summed E-state index contributed by atoms with van der Waals surface area (Å²) in [7, 11) is 0. The topological polar surface area (TPSA) is 21.1 Å². The highest BCUT2D eigenvalue weighted by Gasteiger charge is 2.25. The Balaban J connectivity index is 1.99. The summed E-state index contributed by atoms with van der Waals surface area (Å²) in [6.45, 7) is 6.87. The minimum Gasteiger partial charge on any atom is -0.299 e. The molecule has 1 atom stereocenters. The molecule has 1 saturated heterocycles. The molecule has 0 bridgehead atoms. The summed E-state index contributed by atoms with van der Waals surface area (Å²) in [5, 5.41) is 4.28. The third kappa shape index (κ3) is 1.75. The maximum Gasteiger partial charge on any atom is 0.0658 e. The van der Waals surface area contributed by atoms with Crippen molar-refractivity contribution in [2.45, 2.75) is 32.4 Å². The van der Waals surface area contributed by atoms with Gasteiger partial charge in [0.1, 0.15) is 0 Å². The molecule has 2 rings (SSSR count). The maximum absolute atomic E-state index is 4.28. The van der Waals surface area contributed by atoms with Gasteiger partial charge in [0.15, 0.2) is 0 Å². The SMILES string of the molecule is CC(C)N1CCC(n2cccn2)C1. The van der Waals surface area contributed by atoms with Crippen molar-refractivity contribution in [2.75, 3.05) is 13.1 Å². The number of nitrogens with zero attached hydrogens (tertiary/aromatic N) is 3. The zero-order valence-corrected chi connectivity index (χ0v) is 8.35. The van der Waals surface area contributed by atoms with Crippen molar-refractivity contribution in [1.29, 1.82) is 0 Å². The van der Waals surface area contributed by atoms with Gasteiger partial charge in [0.25, 0.3) is 0 Å². The summed E-state index contributed by atoms with van der Waals surface area (Å²) in [5.41, 5.74) is 0. The highest BCUT2D eigenvalue weighted by molar-refractivity contribution is 4.87. The van der Waals surface area contributed by atoms with Crippen LogP contribution in [0.3, 0.4) is 0 Å². The van der Waals surface area contributed by atoms with E-state index in [0.29, 0.717) is 12.1 Å². The molecule has 1 unspecified atom stereocenters. The predicted molar refractivity (Wildman–Crippen MR) is 52.6 cm³/mol. The van der Waals surface area contributed by atoms with E-state index in [1.165, 1.54) is 13.0 Å². The normalized spacial score (nSPS) is 24.4. The van der Waals surface area contributed by atoms with Crippen LogP contribution in [0.1, 0.15) is 26.3 Å². The van der Waals surface area contributed by atoms with Crippen LogP contribution in [0, 0.1) is 0 Å². The summed E-state index contributed by atoms with van der Waals surface area (Å²) >= 11 is 0. The lowest BCUT2D eigenvalue weighted by Gasteiger charge is -2.20. The fourth-order valence-electron chi connectivity index (χ4n) is 1.95. The third-order valence-electron chi connectivity index (χ3n) is 2.82. The zero-order chi connectivity index (χ0) is 9.26. The van der Waals surface area contributed by atoms with Gasteiger partial charge in [0, 0.05) is 31.5 Å². The molecule has 0 amide bonds. The molecule has 2 heterocycles. The largest absolute Gasteiger partial charge is 0.299 e. The van der Waals surface area contributed by atoms with Crippen LogP contribution in [0.4, 0.5) is 0 Å². The standard InChI is InChI=1S/C10H17N3/c1-9(2)12-7-4-10(8-12)13-6-3-5-11-13/h3,5-6,9-10H,4,7-8H2,1-2H3. The number of hydrogen-bond donors (Lipinski definition) is 0. The molecule has 1 aromatic rings. The Labute approximate surface area is 79.3 Å². The minimum absolute atomic E-state index is 0.595. The summed E-state index contributed by atoms with van der Waals surface area (Å²) in [4.78, 5) is 2.51. The molecule has 1 fully saturated rings. The molecular weight excluding hydrogens is 162 g/mol. The van der Waals surface area contributed by atoms with Crippen LogP contribution in [-0.4, -0.2) is 33.8 Å². The second-order valence-electron chi connectivity index (χ2n) is 4.02. The summed E-state index contributed by atoms with van der Waals surface area (Å²) in [6.07, 6.45) is 5.16. The highest BCUT2D eigenvalue weighted by atomic mass is 15.3. The van der Waals surface area contributed by atoms with Gasteiger partial charge >= 0.3 is 0 Å². The van der Waals surface area contributed by atoms with Crippen molar-refractivity contribution < 1.29 is 0 Å². The first kappa shape index (κ1) is 8.75. The van der Waals surface area contributed by atoms with Gasteiger partial charge in [-0.2, -0.15) is 5.10 Å². The summed E-state index contributed by atoms with van der Waals surface area (Å²) in [6, 6.07) is 3.26. The Morgan fingerprint density at radius 2 is 2.31 bits per heavy atom. The van der Waals surface area contributed by atoms with Crippen LogP contribution in [0.25, 0.3) is 0 Å². The predicted octanol–water partition coefficient (Wildman–Crippen LogP) is 1.54. The van der Waals surface area contributed by atoms with Gasteiger partial charge in [0.05, 0.1) is 6.04 Å². The molecule has 0 spiro atoms. The third-order valence-corrected chi connectivity index (χ3v) is 2.82. The summed E-state index contributed by atoms with van der Waals surface area (Å²) < 4.78 is 2.09. The van der Waals surface area contributed by atoms with Gasteiger partial charge in [-0.05, 0) is 26.3 Å². The lowest BCUT2D eigenvalue weighted by Crippen LogP contribution is -2.28. The van der Waals surface area contributed by atoms with Crippen molar-refractivity contribution in [1.82, 2.24) is 14.7 Å². The molecule has 3 heteroatoms. The van der Waals surface area contributed by atoms with Crippen LogP contribution in [0.2, 0.25) is 0 Å². The van der Waals surface area contributed by atoms with E-state index in [2.05, 4.69) is 34.7 Å².